The maximum Gasteiger partial charge on any atom is 0.0461 e. The molecular weight excluding hydrogens is 527 g/mol. The fraction of sp³-hybridized carbons (Fsp3) is 0.250. The Hall–Kier alpha value is -3.88. The van der Waals surface area contributed by atoms with Gasteiger partial charge in [-0.25, -0.2) is 0 Å². The molecule has 1 unspecified atom stereocenters. The third-order valence-electron chi connectivity index (χ3n) is 8.62. The molecule has 0 radical (unpaired) electrons. The second-order valence-electron chi connectivity index (χ2n) is 11.9. The Morgan fingerprint density at radius 3 is 1.26 bits per heavy atom. The quantitative estimate of drug-likeness (QED) is 0.200. The Kier molecular flexibility index (Phi) is 8.85. The van der Waals surface area contributed by atoms with Gasteiger partial charge in [0.2, 0.25) is 0 Å². The summed E-state index contributed by atoms with van der Waals surface area (Å²) in [7, 11) is 0. The van der Waals surface area contributed by atoms with Crippen molar-refractivity contribution in [3.8, 4) is 0 Å². The minimum absolute atomic E-state index is 0.598. The highest BCUT2D eigenvalue weighted by Gasteiger charge is 2.13. The van der Waals surface area contributed by atoms with Gasteiger partial charge < -0.3 is 4.90 Å². The van der Waals surface area contributed by atoms with Crippen molar-refractivity contribution in [1.82, 2.24) is 0 Å². The Morgan fingerprint density at radius 2 is 0.881 bits per heavy atom. The van der Waals surface area contributed by atoms with E-state index in [1.807, 2.05) is 11.3 Å². The minimum atomic E-state index is 0.598. The van der Waals surface area contributed by atoms with Crippen molar-refractivity contribution in [1.29, 1.82) is 0 Å². The van der Waals surface area contributed by atoms with Gasteiger partial charge in [-0.1, -0.05) is 61.4 Å². The lowest BCUT2D eigenvalue weighted by molar-refractivity contribution is 0.733. The van der Waals surface area contributed by atoms with Crippen LogP contribution in [0.5, 0.6) is 0 Å². The second kappa shape index (κ2) is 12.5. The summed E-state index contributed by atoms with van der Waals surface area (Å²) in [5.41, 5.74) is 13.1. The fourth-order valence-corrected chi connectivity index (χ4v) is 6.58. The lowest BCUT2D eigenvalue weighted by atomic mass is 9.98. The molecule has 5 aromatic carbocycles. The van der Waals surface area contributed by atoms with Crippen molar-refractivity contribution < 1.29 is 0 Å². The molecule has 6 rings (SSSR count). The van der Waals surface area contributed by atoms with Crippen LogP contribution in [0.1, 0.15) is 65.1 Å². The Labute approximate surface area is 256 Å². The molecule has 0 spiro atoms. The van der Waals surface area contributed by atoms with Gasteiger partial charge in [-0.2, -0.15) is 0 Å². The van der Waals surface area contributed by atoms with E-state index in [1.54, 1.807) is 0 Å². The van der Waals surface area contributed by atoms with Crippen molar-refractivity contribution >= 4 is 48.6 Å². The number of hydrogen-bond donors (Lipinski definition) is 0. The van der Waals surface area contributed by atoms with Crippen LogP contribution in [0.25, 0.3) is 20.2 Å². The monoisotopic (exact) mass is 569 g/mol. The molecule has 1 nitrogen and oxygen atoms in total. The van der Waals surface area contributed by atoms with Gasteiger partial charge in [0.25, 0.3) is 0 Å². The predicted molar refractivity (Wildman–Crippen MR) is 188 cm³/mol. The van der Waals surface area contributed by atoms with Gasteiger partial charge >= 0.3 is 0 Å². The summed E-state index contributed by atoms with van der Waals surface area (Å²) in [6.45, 7) is 17.5. The molecule has 2 heteroatoms. The summed E-state index contributed by atoms with van der Waals surface area (Å²) in [5.74, 6) is 0.598. The van der Waals surface area contributed by atoms with Gasteiger partial charge in [0.05, 0.1) is 0 Å². The first-order chi connectivity index (χ1) is 20.1. The van der Waals surface area contributed by atoms with E-state index in [0.717, 1.165) is 0 Å². The zero-order valence-electron chi connectivity index (χ0n) is 26.4. The van der Waals surface area contributed by atoms with Crippen molar-refractivity contribution in [2.45, 2.75) is 67.7 Å². The largest absolute Gasteiger partial charge is 0.311 e. The van der Waals surface area contributed by atoms with Gasteiger partial charge in [0.1, 0.15) is 0 Å². The van der Waals surface area contributed by atoms with E-state index in [-0.39, 0.29) is 0 Å². The SMILES string of the molecule is CCC(C)c1ccc(N(c2ccc(C)cc2)c2ccc(C)cc2)cc1.Cc1cc2sc3cc(C)c(C)cc3c2cc1C. The third kappa shape index (κ3) is 6.30. The molecule has 0 saturated heterocycles. The Balaban J connectivity index is 0.000000180. The number of rotatable bonds is 5. The lowest BCUT2D eigenvalue weighted by Gasteiger charge is -2.26. The summed E-state index contributed by atoms with van der Waals surface area (Å²) < 4.78 is 2.82. The summed E-state index contributed by atoms with van der Waals surface area (Å²) >= 11 is 1.91. The zero-order chi connectivity index (χ0) is 30.0. The standard InChI is InChI=1S/C24H27N.C16H16S/c1-5-20(4)21-10-16-24(17-11-21)25(22-12-6-18(2)7-13-22)23-14-8-19(3)9-15-23;1-9-5-13-14-6-10(2)12(4)8-16(14)17-15(13)7-11(9)3/h6-17,20H,5H2,1-4H3;5-8H,1-4H3. The smallest absolute Gasteiger partial charge is 0.0461 e. The number of hydrogen-bond acceptors (Lipinski definition) is 2. The van der Waals surface area contributed by atoms with Crippen molar-refractivity contribution in [2.75, 3.05) is 4.90 Å². The normalized spacial score (nSPS) is 11.8. The van der Waals surface area contributed by atoms with E-state index in [4.69, 9.17) is 0 Å². The van der Waals surface area contributed by atoms with Crippen LogP contribution >= 0.6 is 11.3 Å². The van der Waals surface area contributed by atoms with Gasteiger partial charge in [0, 0.05) is 37.2 Å². The molecule has 214 valence electrons. The predicted octanol–water partition coefficient (Wildman–Crippen LogP) is 12.6. The van der Waals surface area contributed by atoms with Crippen LogP contribution in [-0.4, -0.2) is 0 Å². The maximum absolute atomic E-state index is 2.33. The van der Waals surface area contributed by atoms with Crippen LogP contribution in [0.3, 0.4) is 0 Å². The van der Waals surface area contributed by atoms with Crippen LogP contribution in [0.4, 0.5) is 17.1 Å². The molecule has 1 atom stereocenters. The highest BCUT2D eigenvalue weighted by atomic mass is 32.1. The summed E-state index contributed by atoms with van der Waals surface area (Å²) in [5, 5.41) is 2.83. The molecular formula is C40H43NS. The molecule has 1 heterocycles. The van der Waals surface area contributed by atoms with Crippen LogP contribution in [0, 0.1) is 41.5 Å². The van der Waals surface area contributed by atoms with Crippen LogP contribution in [-0.2, 0) is 0 Å². The summed E-state index contributed by atoms with van der Waals surface area (Å²) in [4.78, 5) is 2.32. The van der Waals surface area contributed by atoms with E-state index in [2.05, 4.69) is 157 Å². The highest BCUT2D eigenvalue weighted by Crippen LogP contribution is 2.37. The highest BCUT2D eigenvalue weighted by molar-refractivity contribution is 7.25. The molecule has 1 aromatic heterocycles. The number of thiophene rings is 1. The van der Waals surface area contributed by atoms with Gasteiger partial charge in [-0.15, -0.1) is 11.3 Å². The topological polar surface area (TPSA) is 3.24 Å². The van der Waals surface area contributed by atoms with Crippen LogP contribution in [0.2, 0.25) is 0 Å². The number of fused-ring (bicyclic) bond motifs is 3. The molecule has 0 amide bonds. The molecule has 0 bridgehead atoms. The molecule has 42 heavy (non-hydrogen) atoms. The van der Waals surface area contributed by atoms with E-state index in [1.165, 1.54) is 82.6 Å². The number of benzene rings is 5. The lowest BCUT2D eigenvalue weighted by Crippen LogP contribution is -2.10. The van der Waals surface area contributed by atoms with Crippen LogP contribution < -0.4 is 4.90 Å². The fourth-order valence-electron chi connectivity index (χ4n) is 5.31. The summed E-state index contributed by atoms with van der Waals surface area (Å²) in [6.07, 6.45) is 1.17. The Bertz CT molecular complexity index is 1700. The average molecular weight is 570 g/mol. The maximum atomic E-state index is 2.33. The van der Waals surface area contributed by atoms with Crippen molar-refractivity contribution in [3.05, 3.63) is 136 Å². The van der Waals surface area contributed by atoms with E-state index in [0.29, 0.717) is 5.92 Å². The Morgan fingerprint density at radius 1 is 0.524 bits per heavy atom. The minimum Gasteiger partial charge on any atom is -0.311 e. The van der Waals surface area contributed by atoms with Crippen LogP contribution in [0.15, 0.2) is 97.1 Å². The number of anilines is 3. The first-order valence-electron chi connectivity index (χ1n) is 15.1. The second-order valence-corrected chi connectivity index (χ2v) is 13.0. The zero-order valence-corrected chi connectivity index (χ0v) is 27.2. The number of aryl methyl sites for hydroxylation is 6. The van der Waals surface area contributed by atoms with Gasteiger partial charge in [0.15, 0.2) is 0 Å². The first kappa shape index (κ1) is 29.6. The van der Waals surface area contributed by atoms with E-state index >= 15 is 0 Å². The van der Waals surface area contributed by atoms with E-state index in [9.17, 15) is 0 Å². The third-order valence-corrected chi connectivity index (χ3v) is 9.73. The molecule has 0 saturated carbocycles. The van der Waals surface area contributed by atoms with Crippen molar-refractivity contribution in [3.63, 3.8) is 0 Å². The number of nitrogens with zero attached hydrogens (tertiary/aromatic N) is 1. The molecule has 0 N–H and O–H groups in total. The molecule has 0 fully saturated rings. The molecule has 0 aliphatic carbocycles. The van der Waals surface area contributed by atoms with E-state index < -0.39 is 0 Å². The average Bonchev–Trinajstić information content (AvgIpc) is 3.31. The molecule has 6 aromatic rings. The molecule has 0 aliphatic rings. The van der Waals surface area contributed by atoms with Gasteiger partial charge in [-0.3, -0.25) is 0 Å². The molecule has 0 aliphatic heterocycles. The van der Waals surface area contributed by atoms with Crippen molar-refractivity contribution in [2.24, 2.45) is 0 Å². The first-order valence-corrected chi connectivity index (χ1v) is 15.9. The van der Waals surface area contributed by atoms with Gasteiger partial charge in [-0.05, 0) is 142 Å². The summed E-state index contributed by atoms with van der Waals surface area (Å²) in [6, 6.07) is 35.8.